The smallest absolute Gasteiger partial charge is 0.399 e. The van der Waals surface area contributed by atoms with Crippen LogP contribution in [0.2, 0.25) is 0 Å². The number of hydrogen-bond acceptors (Lipinski definition) is 5. The predicted molar refractivity (Wildman–Crippen MR) is 103 cm³/mol. The van der Waals surface area contributed by atoms with Gasteiger partial charge in [-0.15, -0.1) is 0 Å². The summed E-state index contributed by atoms with van der Waals surface area (Å²) in [6, 6.07) is 4.88. The molecule has 0 aromatic heterocycles. The summed E-state index contributed by atoms with van der Waals surface area (Å²) in [6.45, 7) is 15.2. The molecule has 0 bridgehead atoms. The summed E-state index contributed by atoms with van der Waals surface area (Å²) in [7, 11) is -1.69. The molecular weight excluding hydrogens is 347 g/mol. The van der Waals surface area contributed by atoms with E-state index in [9.17, 15) is 9.65 Å². The lowest BCUT2D eigenvalue weighted by Gasteiger charge is -2.32. The zero-order chi connectivity index (χ0) is 20.4. The second kappa shape index (κ2) is 6.05. The van der Waals surface area contributed by atoms with E-state index in [0.29, 0.717) is 5.46 Å². The Morgan fingerprint density at radius 3 is 1.48 bits per heavy atom. The highest BCUT2D eigenvalue weighted by molar-refractivity contribution is 6.65. The molecule has 2 saturated heterocycles. The zero-order valence-corrected chi connectivity index (χ0v) is 17.3. The molecule has 0 radical (unpaired) electrons. The Bertz CT molecular complexity index is 785. The number of nitrogens with zero attached hydrogens (tertiary/aromatic N) is 1. The van der Waals surface area contributed by atoms with Crippen molar-refractivity contribution >= 4 is 25.2 Å². The van der Waals surface area contributed by atoms with E-state index in [1.807, 2.05) is 55.4 Å². The minimum Gasteiger partial charge on any atom is -0.399 e. The van der Waals surface area contributed by atoms with E-state index < -0.39 is 42.5 Å². The van der Waals surface area contributed by atoms with Crippen LogP contribution in [-0.4, -0.2) is 36.6 Å². The molecule has 0 spiro atoms. The van der Waals surface area contributed by atoms with Crippen molar-refractivity contribution in [2.45, 2.75) is 77.8 Å². The van der Waals surface area contributed by atoms with Crippen molar-refractivity contribution in [3.8, 4) is 6.07 Å². The monoisotopic (exact) mass is 373 g/mol. The van der Waals surface area contributed by atoms with Crippen LogP contribution in [0.3, 0.4) is 0 Å². The van der Waals surface area contributed by atoms with Gasteiger partial charge in [-0.3, -0.25) is 0 Å². The van der Waals surface area contributed by atoms with Crippen LogP contribution < -0.4 is 10.9 Å². The van der Waals surface area contributed by atoms with E-state index in [1.54, 1.807) is 0 Å². The summed E-state index contributed by atoms with van der Waals surface area (Å²) >= 11 is 0. The molecule has 1 aromatic rings. The fourth-order valence-corrected chi connectivity index (χ4v) is 3.02. The lowest BCUT2D eigenvalue weighted by Crippen LogP contribution is -2.42. The Hall–Kier alpha value is -1.39. The second-order valence-corrected chi connectivity index (χ2v) is 9.25. The molecule has 2 aliphatic heterocycles. The lowest BCUT2D eigenvalue weighted by molar-refractivity contribution is 0.00578. The van der Waals surface area contributed by atoms with Crippen LogP contribution in [0, 0.1) is 17.1 Å². The number of benzene rings is 1. The van der Waals surface area contributed by atoms with Gasteiger partial charge < -0.3 is 18.6 Å². The standard InChI is InChI=1S/C19H26B2FNO4/c1-16(2)17(3,4)25-20(24-16)13-10-15(22)14(9-12(13)11-23)21-26-18(5,6)19(7,8)27-21/h9-10H,1-8H3. The Morgan fingerprint density at radius 1 is 0.741 bits per heavy atom. The van der Waals surface area contributed by atoms with Gasteiger partial charge in [0, 0.05) is 10.9 Å². The summed E-state index contributed by atoms with van der Waals surface area (Å²) in [6.07, 6.45) is 0. The first-order chi connectivity index (χ1) is 12.2. The van der Waals surface area contributed by atoms with E-state index in [0.717, 1.165) is 0 Å². The van der Waals surface area contributed by atoms with Crippen LogP contribution in [0.25, 0.3) is 0 Å². The zero-order valence-electron chi connectivity index (χ0n) is 17.3. The second-order valence-electron chi connectivity index (χ2n) is 9.25. The lowest BCUT2D eigenvalue weighted by atomic mass is 9.71. The molecule has 2 aliphatic rings. The van der Waals surface area contributed by atoms with Gasteiger partial charge in [0.2, 0.25) is 0 Å². The minimum absolute atomic E-state index is 0.200. The maximum atomic E-state index is 15.0. The molecule has 0 amide bonds. The van der Waals surface area contributed by atoms with Gasteiger partial charge in [0.15, 0.2) is 0 Å². The molecule has 5 nitrogen and oxygen atoms in total. The SMILES string of the molecule is CC1(C)OB(c2cc(C#N)c(B3OC(C)(C)C(C)(C)O3)cc2F)OC1(C)C. The topological polar surface area (TPSA) is 60.7 Å². The van der Waals surface area contributed by atoms with Crippen molar-refractivity contribution in [3.63, 3.8) is 0 Å². The Labute approximate surface area is 161 Å². The van der Waals surface area contributed by atoms with E-state index in [1.165, 1.54) is 12.1 Å². The largest absolute Gasteiger partial charge is 0.497 e. The molecule has 0 atom stereocenters. The minimum atomic E-state index is -0.880. The fourth-order valence-electron chi connectivity index (χ4n) is 3.02. The first-order valence-corrected chi connectivity index (χ1v) is 9.15. The van der Waals surface area contributed by atoms with Gasteiger partial charge >= 0.3 is 14.2 Å². The average Bonchev–Trinajstić information content (AvgIpc) is 2.86. The third-order valence-electron chi connectivity index (χ3n) is 6.30. The molecule has 27 heavy (non-hydrogen) atoms. The third-order valence-corrected chi connectivity index (χ3v) is 6.30. The highest BCUT2D eigenvalue weighted by Crippen LogP contribution is 2.38. The van der Waals surface area contributed by atoms with Crippen LogP contribution in [0.5, 0.6) is 0 Å². The number of nitriles is 1. The van der Waals surface area contributed by atoms with Gasteiger partial charge in [-0.05, 0) is 67.5 Å². The molecule has 0 N–H and O–H groups in total. The van der Waals surface area contributed by atoms with Gasteiger partial charge in [-0.1, -0.05) is 0 Å². The van der Waals surface area contributed by atoms with E-state index >= 15 is 0 Å². The van der Waals surface area contributed by atoms with E-state index in [2.05, 4.69) is 6.07 Å². The highest BCUT2D eigenvalue weighted by atomic mass is 19.1. The van der Waals surface area contributed by atoms with E-state index in [-0.39, 0.29) is 11.0 Å². The average molecular weight is 373 g/mol. The van der Waals surface area contributed by atoms with Crippen LogP contribution >= 0.6 is 0 Å². The van der Waals surface area contributed by atoms with Crippen LogP contribution in [0.15, 0.2) is 12.1 Å². The predicted octanol–water partition coefficient (Wildman–Crippen LogP) is 2.30. The molecule has 2 heterocycles. The van der Waals surface area contributed by atoms with E-state index in [4.69, 9.17) is 18.6 Å². The summed E-state index contributed by atoms with van der Waals surface area (Å²) < 4.78 is 38.8. The number of rotatable bonds is 2. The normalized spacial score (nSPS) is 24.9. The molecule has 3 rings (SSSR count). The van der Waals surface area contributed by atoms with Crippen LogP contribution in [0.4, 0.5) is 4.39 Å². The van der Waals surface area contributed by atoms with Crippen molar-refractivity contribution in [1.29, 1.82) is 5.26 Å². The molecule has 0 aliphatic carbocycles. The van der Waals surface area contributed by atoms with Crippen LogP contribution in [0.1, 0.15) is 61.0 Å². The Balaban J connectivity index is 1.98. The Morgan fingerprint density at radius 2 is 1.11 bits per heavy atom. The quantitative estimate of drug-likeness (QED) is 0.745. The molecule has 8 heteroatoms. The Kier molecular flexibility index (Phi) is 4.56. The molecule has 144 valence electrons. The van der Waals surface area contributed by atoms with Gasteiger partial charge in [-0.2, -0.15) is 5.26 Å². The third kappa shape index (κ3) is 3.21. The highest BCUT2D eigenvalue weighted by Gasteiger charge is 2.54. The van der Waals surface area contributed by atoms with Gasteiger partial charge in [-0.25, -0.2) is 4.39 Å². The van der Waals surface area contributed by atoms with Gasteiger partial charge in [0.25, 0.3) is 0 Å². The van der Waals surface area contributed by atoms with Gasteiger partial charge in [0.1, 0.15) is 5.82 Å². The van der Waals surface area contributed by atoms with Gasteiger partial charge in [0.05, 0.1) is 34.0 Å². The molecule has 2 fully saturated rings. The summed E-state index contributed by atoms with van der Waals surface area (Å²) in [5.41, 5.74) is -1.50. The molecule has 1 aromatic carbocycles. The first-order valence-electron chi connectivity index (χ1n) is 9.15. The molecule has 0 saturated carbocycles. The molecule has 0 unspecified atom stereocenters. The van der Waals surface area contributed by atoms with Crippen LogP contribution in [-0.2, 0) is 18.6 Å². The number of hydrogen-bond donors (Lipinski definition) is 0. The summed E-state index contributed by atoms with van der Waals surface area (Å²) in [5, 5.41) is 9.64. The molecular formula is C19H26B2FNO4. The van der Waals surface area contributed by atoms with Crippen molar-refractivity contribution in [3.05, 3.63) is 23.5 Å². The summed E-state index contributed by atoms with van der Waals surface area (Å²) in [4.78, 5) is 0. The van der Waals surface area contributed by atoms with Crippen molar-refractivity contribution in [2.75, 3.05) is 0 Å². The van der Waals surface area contributed by atoms with Crippen molar-refractivity contribution in [2.24, 2.45) is 0 Å². The number of halogens is 1. The summed E-state index contributed by atoms with van der Waals surface area (Å²) in [5.74, 6) is -0.516. The fraction of sp³-hybridized carbons (Fsp3) is 0.632. The van der Waals surface area contributed by atoms with Crippen molar-refractivity contribution < 1.29 is 23.0 Å². The van der Waals surface area contributed by atoms with Crippen molar-refractivity contribution in [1.82, 2.24) is 0 Å². The maximum Gasteiger partial charge on any atom is 0.497 e. The maximum absolute atomic E-state index is 15.0. The first kappa shape index (κ1) is 20.3.